The minimum atomic E-state index is -0.0766. The molecule has 4 nitrogen and oxygen atoms in total. The van der Waals surface area contributed by atoms with E-state index in [4.69, 9.17) is 10.00 Å². The highest BCUT2D eigenvalue weighted by Crippen LogP contribution is 2.25. The number of hydrogen-bond donors (Lipinski definition) is 0. The summed E-state index contributed by atoms with van der Waals surface area (Å²) in [6, 6.07) is 13.6. The van der Waals surface area contributed by atoms with Crippen molar-refractivity contribution in [1.82, 2.24) is 4.57 Å². The third kappa shape index (κ3) is 3.62. The third-order valence-electron chi connectivity index (χ3n) is 3.96. The van der Waals surface area contributed by atoms with Crippen molar-refractivity contribution >= 4 is 0 Å². The summed E-state index contributed by atoms with van der Waals surface area (Å²) in [5, 5.41) is 8.89. The molecular weight excluding hydrogens is 288 g/mol. The molecule has 0 N–H and O–H groups in total. The Bertz CT molecular complexity index is 754. The van der Waals surface area contributed by atoms with Gasteiger partial charge in [-0.25, -0.2) is 0 Å². The van der Waals surface area contributed by atoms with Gasteiger partial charge in [0.25, 0.3) is 5.56 Å². The van der Waals surface area contributed by atoms with E-state index in [0.717, 1.165) is 23.4 Å². The summed E-state index contributed by atoms with van der Waals surface area (Å²) in [5.74, 6) is 0.815. The molecule has 0 bridgehead atoms. The summed E-state index contributed by atoms with van der Waals surface area (Å²) in [7, 11) is 0. The first-order valence-corrected chi connectivity index (χ1v) is 7.96. The highest BCUT2D eigenvalue weighted by atomic mass is 16.5. The maximum absolute atomic E-state index is 12.7. The Morgan fingerprint density at radius 1 is 1.17 bits per heavy atom. The Hall–Kier alpha value is -2.54. The van der Waals surface area contributed by atoms with E-state index < -0.39 is 0 Å². The Labute approximate surface area is 137 Å². The Kier molecular flexibility index (Phi) is 5.59. The van der Waals surface area contributed by atoms with Gasteiger partial charge in [0.1, 0.15) is 5.75 Å². The van der Waals surface area contributed by atoms with E-state index in [-0.39, 0.29) is 18.0 Å². The van der Waals surface area contributed by atoms with E-state index >= 15 is 0 Å². The number of hydrogen-bond acceptors (Lipinski definition) is 3. The highest BCUT2D eigenvalue weighted by Gasteiger charge is 2.14. The second-order valence-electron chi connectivity index (χ2n) is 5.47. The molecule has 1 unspecified atom stereocenters. The van der Waals surface area contributed by atoms with Crippen molar-refractivity contribution < 1.29 is 4.74 Å². The van der Waals surface area contributed by atoms with Crippen LogP contribution in [-0.4, -0.2) is 11.2 Å². The first kappa shape index (κ1) is 16.8. The van der Waals surface area contributed by atoms with Gasteiger partial charge in [-0.1, -0.05) is 13.0 Å². The number of ether oxygens (including phenoxy) is 1. The fraction of sp³-hybridized carbons (Fsp3) is 0.368. The number of nitrogens with zero attached hydrogens (tertiary/aromatic N) is 2. The van der Waals surface area contributed by atoms with Crippen molar-refractivity contribution in [3.05, 3.63) is 52.3 Å². The average molecular weight is 310 g/mol. The number of benzene rings is 1. The monoisotopic (exact) mass is 310 g/mol. The Balaban J connectivity index is 2.55. The lowest BCUT2D eigenvalue weighted by molar-refractivity contribution is 0.340. The summed E-state index contributed by atoms with van der Waals surface area (Å²) in [6.45, 7) is 6.65. The van der Waals surface area contributed by atoms with Gasteiger partial charge in [-0.05, 0) is 56.2 Å². The number of rotatable bonds is 6. The average Bonchev–Trinajstić information content (AvgIpc) is 2.57. The molecule has 1 atom stereocenters. The molecule has 1 aromatic heterocycles. The van der Waals surface area contributed by atoms with Gasteiger partial charge in [0, 0.05) is 11.6 Å². The molecule has 0 fully saturated rings. The van der Waals surface area contributed by atoms with Crippen LogP contribution in [0.2, 0.25) is 0 Å². The van der Waals surface area contributed by atoms with Gasteiger partial charge >= 0.3 is 0 Å². The first-order valence-electron chi connectivity index (χ1n) is 7.96. The third-order valence-corrected chi connectivity index (χ3v) is 3.96. The number of pyridine rings is 1. The van der Waals surface area contributed by atoms with Crippen molar-refractivity contribution in [2.24, 2.45) is 0 Å². The van der Waals surface area contributed by atoms with Crippen molar-refractivity contribution in [3.63, 3.8) is 0 Å². The van der Waals surface area contributed by atoms with Gasteiger partial charge in [-0.15, -0.1) is 0 Å². The topological polar surface area (TPSA) is 55.0 Å². The van der Waals surface area contributed by atoms with Gasteiger partial charge in [-0.2, -0.15) is 5.26 Å². The molecule has 1 heterocycles. The first-order chi connectivity index (χ1) is 11.1. The Morgan fingerprint density at radius 3 is 2.43 bits per heavy atom. The molecule has 0 aliphatic rings. The van der Waals surface area contributed by atoms with E-state index in [1.54, 1.807) is 10.6 Å². The molecule has 120 valence electrons. The van der Waals surface area contributed by atoms with E-state index in [1.807, 2.05) is 44.2 Å². The highest BCUT2D eigenvalue weighted by molar-refractivity contribution is 5.61. The van der Waals surface area contributed by atoms with E-state index in [0.29, 0.717) is 12.2 Å². The van der Waals surface area contributed by atoms with Crippen LogP contribution < -0.4 is 10.3 Å². The zero-order valence-corrected chi connectivity index (χ0v) is 13.9. The van der Waals surface area contributed by atoms with Crippen molar-refractivity contribution in [2.75, 3.05) is 6.61 Å². The standard InChI is InChI=1S/C19H22N2O2/c1-4-14(3)21-18(11-8-16(12-13-20)19(21)22)15-6-9-17(10-7-15)23-5-2/h6-11,14H,4-5,12H2,1-3H3. The van der Waals surface area contributed by atoms with E-state index in [1.165, 1.54) is 0 Å². The maximum Gasteiger partial charge on any atom is 0.255 e. The molecule has 0 radical (unpaired) electrons. The summed E-state index contributed by atoms with van der Waals surface area (Å²) >= 11 is 0. The summed E-state index contributed by atoms with van der Waals surface area (Å²) < 4.78 is 7.26. The molecule has 0 aliphatic heterocycles. The van der Waals surface area contributed by atoms with Crippen LogP contribution in [0.25, 0.3) is 11.3 Å². The van der Waals surface area contributed by atoms with Gasteiger partial charge in [-0.3, -0.25) is 4.79 Å². The van der Waals surface area contributed by atoms with E-state index in [9.17, 15) is 4.79 Å². The van der Waals surface area contributed by atoms with Crippen molar-refractivity contribution in [3.8, 4) is 23.1 Å². The lowest BCUT2D eigenvalue weighted by Crippen LogP contribution is -2.27. The maximum atomic E-state index is 12.7. The zero-order valence-electron chi connectivity index (χ0n) is 13.9. The zero-order chi connectivity index (χ0) is 16.8. The van der Waals surface area contributed by atoms with E-state index in [2.05, 4.69) is 13.0 Å². The van der Waals surface area contributed by atoms with Gasteiger partial charge in [0.05, 0.1) is 24.8 Å². The summed E-state index contributed by atoms with van der Waals surface area (Å²) in [4.78, 5) is 12.7. The molecule has 0 aliphatic carbocycles. The normalized spacial score (nSPS) is 11.7. The quantitative estimate of drug-likeness (QED) is 0.811. The van der Waals surface area contributed by atoms with Gasteiger partial charge in [0.15, 0.2) is 0 Å². The lowest BCUT2D eigenvalue weighted by atomic mass is 10.1. The van der Waals surface area contributed by atoms with Gasteiger partial charge < -0.3 is 9.30 Å². The molecule has 2 rings (SSSR count). The van der Waals surface area contributed by atoms with Crippen molar-refractivity contribution in [1.29, 1.82) is 5.26 Å². The van der Waals surface area contributed by atoms with Crippen LogP contribution in [0.3, 0.4) is 0 Å². The second kappa shape index (κ2) is 7.64. The number of nitriles is 1. The van der Waals surface area contributed by atoms with Crippen molar-refractivity contribution in [2.45, 2.75) is 39.7 Å². The molecule has 0 amide bonds. The number of aromatic nitrogens is 1. The molecule has 1 aromatic carbocycles. The lowest BCUT2D eigenvalue weighted by Gasteiger charge is -2.20. The summed E-state index contributed by atoms with van der Waals surface area (Å²) in [6.07, 6.45) is 0.985. The molecule has 4 heteroatoms. The molecular formula is C19H22N2O2. The van der Waals surface area contributed by atoms with Gasteiger partial charge in [0.2, 0.25) is 0 Å². The van der Waals surface area contributed by atoms with Crippen LogP contribution in [0.5, 0.6) is 5.75 Å². The van der Waals surface area contributed by atoms with Crippen LogP contribution in [0.4, 0.5) is 0 Å². The largest absolute Gasteiger partial charge is 0.494 e. The van der Waals surface area contributed by atoms with Crippen LogP contribution in [-0.2, 0) is 6.42 Å². The molecule has 0 saturated heterocycles. The molecule has 0 saturated carbocycles. The van der Waals surface area contributed by atoms with Crippen LogP contribution in [0, 0.1) is 11.3 Å². The van der Waals surface area contributed by atoms with Crippen LogP contribution in [0.15, 0.2) is 41.2 Å². The predicted octanol–water partition coefficient (Wildman–Crippen LogP) is 3.95. The fourth-order valence-electron chi connectivity index (χ4n) is 2.56. The summed E-state index contributed by atoms with van der Waals surface area (Å²) in [5.41, 5.74) is 2.30. The van der Waals surface area contributed by atoms with Crippen LogP contribution >= 0.6 is 0 Å². The SMILES string of the molecule is CCOc1ccc(-c2ccc(CC#N)c(=O)n2C(C)CC)cc1. The molecule has 2 aromatic rings. The molecule has 23 heavy (non-hydrogen) atoms. The Morgan fingerprint density at radius 2 is 1.87 bits per heavy atom. The van der Waals surface area contributed by atoms with Crippen LogP contribution in [0.1, 0.15) is 38.8 Å². The molecule has 0 spiro atoms. The fourth-order valence-corrected chi connectivity index (χ4v) is 2.56. The second-order valence-corrected chi connectivity index (χ2v) is 5.47. The minimum Gasteiger partial charge on any atom is -0.494 e. The minimum absolute atomic E-state index is 0.0720. The predicted molar refractivity (Wildman–Crippen MR) is 91.6 cm³/mol. The smallest absolute Gasteiger partial charge is 0.255 e.